The van der Waals surface area contributed by atoms with Crippen molar-refractivity contribution in [1.82, 2.24) is 4.98 Å². The number of ether oxygens (including phenoxy) is 1. The molecule has 3 nitrogen and oxygen atoms in total. The molecule has 0 spiro atoms. The molecule has 0 amide bonds. The molecule has 0 radical (unpaired) electrons. The van der Waals surface area contributed by atoms with Crippen molar-refractivity contribution in [3.63, 3.8) is 0 Å². The SMILES string of the molecule is O=C(CCCCCBr)OCCc1ccccn1. The third kappa shape index (κ3) is 7.10. The Hall–Kier alpha value is -0.900. The van der Waals surface area contributed by atoms with Crippen LogP contribution in [-0.4, -0.2) is 22.9 Å². The highest BCUT2D eigenvalue weighted by Gasteiger charge is 2.02. The lowest BCUT2D eigenvalue weighted by Crippen LogP contribution is -2.08. The lowest BCUT2D eigenvalue weighted by molar-refractivity contribution is -0.143. The maximum absolute atomic E-state index is 11.3. The van der Waals surface area contributed by atoms with Crippen LogP contribution in [0.4, 0.5) is 0 Å². The Bertz CT molecular complexity index is 316. The Morgan fingerprint density at radius 2 is 2.18 bits per heavy atom. The number of esters is 1. The summed E-state index contributed by atoms with van der Waals surface area (Å²) in [7, 11) is 0. The molecule has 0 aliphatic carbocycles. The largest absolute Gasteiger partial charge is 0.465 e. The predicted molar refractivity (Wildman–Crippen MR) is 71.2 cm³/mol. The molecule has 0 bridgehead atoms. The molecule has 1 rings (SSSR count). The molecule has 0 atom stereocenters. The normalized spacial score (nSPS) is 10.2. The number of halogens is 1. The van der Waals surface area contributed by atoms with Crippen LogP contribution in [0.3, 0.4) is 0 Å². The van der Waals surface area contributed by atoms with Gasteiger partial charge in [-0.1, -0.05) is 28.4 Å². The fraction of sp³-hybridized carbons (Fsp3) is 0.538. The Morgan fingerprint density at radius 3 is 2.88 bits per heavy atom. The molecule has 0 unspecified atom stereocenters. The maximum atomic E-state index is 11.3. The van der Waals surface area contributed by atoms with E-state index in [1.165, 1.54) is 0 Å². The summed E-state index contributed by atoms with van der Waals surface area (Å²) in [6, 6.07) is 5.74. The summed E-state index contributed by atoms with van der Waals surface area (Å²) in [5.74, 6) is -0.101. The first-order valence-corrected chi connectivity index (χ1v) is 7.06. The van der Waals surface area contributed by atoms with Crippen molar-refractivity contribution in [2.45, 2.75) is 32.1 Å². The number of pyridine rings is 1. The van der Waals surface area contributed by atoms with Gasteiger partial charge in [-0.3, -0.25) is 9.78 Å². The Balaban J connectivity index is 2.04. The summed E-state index contributed by atoms with van der Waals surface area (Å²) in [5.41, 5.74) is 0.958. The zero-order valence-corrected chi connectivity index (χ0v) is 11.5. The van der Waals surface area contributed by atoms with E-state index >= 15 is 0 Å². The first-order valence-electron chi connectivity index (χ1n) is 5.94. The molecule has 0 saturated carbocycles. The van der Waals surface area contributed by atoms with Gasteiger partial charge in [-0.25, -0.2) is 0 Å². The average molecular weight is 300 g/mol. The number of unbranched alkanes of at least 4 members (excludes halogenated alkanes) is 2. The summed E-state index contributed by atoms with van der Waals surface area (Å²) in [6.45, 7) is 0.425. The van der Waals surface area contributed by atoms with Crippen molar-refractivity contribution < 1.29 is 9.53 Å². The van der Waals surface area contributed by atoms with Gasteiger partial charge in [0.1, 0.15) is 0 Å². The van der Waals surface area contributed by atoms with Gasteiger partial charge >= 0.3 is 5.97 Å². The minimum Gasteiger partial charge on any atom is -0.465 e. The average Bonchev–Trinajstić information content (AvgIpc) is 2.36. The number of carbonyl (C=O) groups excluding carboxylic acids is 1. The first kappa shape index (κ1) is 14.2. The van der Waals surface area contributed by atoms with Crippen LogP contribution in [-0.2, 0) is 16.0 Å². The molecular formula is C13H18BrNO2. The first-order chi connectivity index (χ1) is 8.33. The van der Waals surface area contributed by atoms with Gasteiger partial charge in [0.15, 0.2) is 0 Å². The number of nitrogens with zero attached hydrogens (tertiary/aromatic N) is 1. The second-order valence-electron chi connectivity index (χ2n) is 3.79. The zero-order valence-electron chi connectivity index (χ0n) is 9.90. The second-order valence-corrected chi connectivity index (χ2v) is 4.58. The van der Waals surface area contributed by atoms with Gasteiger partial charge in [0.05, 0.1) is 6.61 Å². The molecule has 1 aromatic heterocycles. The molecule has 0 aliphatic rings. The van der Waals surface area contributed by atoms with E-state index in [2.05, 4.69) is 20.9 Å². The second kappa shape index (κ2) is 9.16. The molecule has 0 fully saturated rings. The monoisotopic (exact) mass is 299 g/mol. The smallest absolute Gasteiger partial charge is 0.305 e. The van der Waals surface area contributed by atoms with Crippen molar-refractivity contribution in [2.24, 2.45) is 0 Å². The summed E-state index contributed by atoms with van der Waals surface area (Å²) >= 11 is 3.36. The Labute approximate surface area is 111 Å². The van der Waals surface area contributed by atoms with Crippen molar-refractivity contribution in [2.75, 3.05) is 11.9 Å². The molecule has 0 N–H and O–H groups in total. The van der Waals surface area contributed by atoms with E-state index in [-0.39, 0.29) is 5.97 Å². The van der Waals surface area contributed by atoms with Gasteiger partial charge in [0.25, 0.3) is 0 Å². The van der Waals surface area contributed by atoms with Gasteiger partial charge in [0, 0.05) is 30.1 Å². The van der Waals surface area contributed by atoms with Gasteiger partial charge in [-0.05, 0) is 25.0 Å². The zero-order chi connectivity index (χ0) is 12.3. The fourth-order valence-corrected chi connectivity index (χ4v) is 1.82. The number of hydrogen-bond donors (Lipinski definition) is 0. The fourth-order valence-electron chi connectivity index (χ4n) is 1.43. The van der Waals surface area contributed by atoms with Crippen LogP contribution in [0.15, 0.2) is 24.4 Å². The molecule has 0 saturated heterocycles. The van der Waals surface area contributed by atoms with Gasteiger partial charge in [-0.15, -0.1) is 0 Å². The van der Waals surface area contributed by atoms with Crippen LogP contribution >= 0.6 is 15.9 Å². The van der Waals surface area contributed by atoms with E-state index < -0.39 is 0 Å². The van der Waals surface area contributed by atoms with Crippen molar-refractivity contribution in [1.29, 1.82) is 0 Å². The topological polar surface area (TPSA) is 39.2 Å². The van der Waals surface area contributed by atoms with Gasteiger partial charge in [-0.2, -0.15) is 0 Å². The van der Waals surface area contributed by atoms with Crippen LogP contribution < -0.4 is 0 Å². The molecule has 0 aliphatic heterocycles. The van der Waals surface area contributed by atoms with Gasteiger partial charge in [0.2, 0.25) is 0 Å². The highest BCUT2D eigenvalue weighted by molar-refractivity contribution is 9.09. The molecule has 0 aromatic carbocycles. The summed E-state index contributed by atoms with van der Waals surface area (Å²) < 4.78 is 5.14. The van der Waals surface area contributed by atoms with E-state index in [9.17, 15) is 4.79 Å². The number of aromatic nitrogens is 1. The standard InChI is InChI=1S/C13H18BrNO2/c14-9-4-1-2-7-13(16)17-11-8-12-6-3-5-10-15-12/h3,5-6,10H,1-2,4,7-9,11H2. The molecular weight excluding hydrogens is 282 g/mol. The minimum absolute atomic E-state index is 0.101. The van der Waals surface area contributed by atoms with E-state index in [0.29, 0.717) is 19.4 Å². The highest BCUT2D eigenvalue weighted by atomic mass is 79.9. The quantitative estimate of drug-likeness (QED) is 0.421. The van der Waals surface area contributed by atoms with Crippen LogP contribution in [0.2, 0.25) is 0 Å². The third-order valence-electron chi connectivity index (χ3n) is 2.36. The molecule has 1 heterocycles. The number of hydrogen-bond acceptors (Lipinski definition) is 3. The Kier molecular flexibility index (Phi) is 7.63. The number of alkyl halides is 1. The van der Waals surface area contributed by atoms with Crippen molar-refractivity contribution in [3.05, 3.63) is 30.1 Å². The van der Waals surface area contributed by atoms with Crippen molar-refractivity contribution >= 4 is 21.9 Å². The van der Waals surface area contributed by atoms with Crippen LogP contribution in [0.25, 0.3) is 0 Å². The summed E-state index contributed by atoms with van der Waals surface area (Å²) in [4.78, 5) is 15.5. The van der Waals surface area contributed by atoms with E-state index in [4.69, 9.17) is 4.74 Å². The molecule has 17 heavy (non-hydrogen) atoms. The Morgan fingerprint density at radius 1 is 1.29 bits per heavy atom. The van der Waals surface area contributed by atoms with Gasteiger partial charge < -0.3 is 4.74 Å². The van der Waals surface area contributed by atoms with Crippen LogP contribution in [0.1, 0.15) is 31.4 Å². The predicted octanol–water partition coefficient (Wildman–Crippen LogP) is 3.12. The lowest BCUT2D eigenvalue weighted by Gasteiger charge is -2.04. The molecule has 1 aromatic rings. The highest BCUT2D eigenvalue weighted by Crippen LogP contribution is 2.03. The summed E-state index contributed by atoms with van der Waals surface area (Å²) in [6.07, 6.45) is 6.05. The van der Waals surface area contributed by atoms with Crippen LogP contribution in [0, 0.1) is 0 Å². The number of rotatable bonds is 8. The van der Waals surface area contributed by atoms with E-state index in [1.54, 1.807) is 6.20 Å². The summed E-state index contributed by atoms with van der Waals surface area (Å²) in [5, 5.41) is 1.00. The van der Waals surface area contributed by atoms with Crippen molar-refractivity contribution in [3.8, 4) is 0 Å². The van der Waals surface area contributed by atoms with E-state index in [0.717, 1.165) is 30.3 Å². The third-order valence-corrected chi connectivity index (χ3v) is 2.92. The molecule has 94 valence electrons. The minimum atomic E-state index is -0.101. The number of carbonyl (C=O) groups is 1. The molecule has 4 heteroatoms. The lowest BCUT2D eigenvalue weighted by atomic mass is 10.2. The van der Waals surface area contributed by atoms with Crippen LogP contribution in [0.5, 0.6) is 0 Å². The maximum Gasteiger partial charge on any atom is 0.305 e. The van der Waals surface area contributed by atoms with E-state index in [1.807, 2.05) is 18.2 Å².